The van der Waals surface area contributed by atoms with Gasteiger partial charge in [-0.2, -0.15) is 0 Å². The van der Waals surface area contributed by atoms with E-state index in [0.717, 1.165) is 6.42 Å². The average Bonchev–Trinajstić information content (AvgIpc) is 2.66. The van der Waals surface area contributed by atoms with Crippen LogP contribution in [0.2, 0.25) is 0 Å². The molecule has 1 aliphatic carbocycles. The molecule has 0 amide bonds. The van der Waals surface area contributed by atoms with E-state index in [9.17, 15) is 0 Å². The summed E-state index contributed by atoms with van der Waals surface area (Å²) < 4.78 is 12.4. The summed E-state index contributed by atoms with van der Waals surface area (Å²) in [6, 6.07) is 8.58. The molecule has 0 aromatic heterocycles. The number of fused-ring (bicyclic) bond motifs is 3. The fourth-order valence-corrected chi connectivity index (χ4v) is 3.43. The molecule has 0 bridgehead atoms. The van der Waals surface area contributed by atoms with Crippen LogP contribution in [-0.2, 0) is 21.5 Å². The van der Waals surface area contributed by atoms with Crippen molar-refractivity contribution in [3.8, 4) is 0 Å². The van der Waals surface area contributed by atoms with Crippen LogP contribution in [-0.4, -0.2) is 11.9 Å². The Hall–Kier alpha value is -0.860. The van der Waals surface area contributed by atoms with Crippen molar-refractivity contribution in [2.45, 2.75) is 51.6 Å². The van der Waals surface area contributed by atoms with Crippen LogP contribution in [0.25, 0.3) is 0 Å². The van der Waals surface area contributed by atoms with Crippen LogP contribution in [0.4, 0.5) is 0 Å². The fourth-order valence-electron chi connectivity index (χ4n) is 3.43. The van der Waals surface area contributed by atoms with Crippen molar-refractivity contribution in [1.29, 1.82) is 0 Å². The molecule has 1 fully saturated rings. The van der Waals surface area contributed by atoms with E-state index in [4.69, 9.17) is 9.47 Å². The first-order valence-corrected chi connectivity index (χ1v) is 6.42. The third-order valence-corrected chi connectivity index (χ3v) is 4.02. The summed E-state index contributed by atoms with van der Waals surface area (Å²) in [5.74, 6) is -0.0550. The van der Waals surface area contributed by atoms with Gasteiger partial charge >= 0.3 is 0 Å². The highest BCUT2D eigenvalue weighted by Gasteiger charge is 2.59. The van der Waals surface area contributed by atoms with Gasteiger partial charge in [-0.15, -0.1) is 0 Å². The van der Waals surface area contributed by atoms with Crippen LogP contribution < -0.4 is 0 Å². The van der Waals surface area contributed by atoms with Crippen LogP contribution in [0.15, 0.2) is 24.3 Å². The largest absolute Gasteiger partial charge is 0.344 e. The van der Waals surface area contributed by atoms with Gasteiger partial charge in [0.1, 0.15) is 5.60 Å². The third-order valence-electron chi connectivity index (χ3n) is 4.02. The Morgan fingerprint density at radius 3 is 2.65 bits per heavy atom. The minimum Gasteiger partial charge on any atom is -0.344 e. The second-order valence-electron chi connectivity index (χ2n) is 5.92. The molecule has 3 rings (SSSR count). The minimum atomic E-state index is -0.470. The molecule has 1 heterocycles. The van der Waals surface area contributed by atoms with E-state index in [2.05, 4.69) is 38.1 Å². The minimum absolute atomic E-state index is 0.162. The molecule has 0 N–H and O–H groups in total. The predicted octanol–water partition coefficient (Wildman–Crippen LogP) is 3.25. The summed E-state index contributed by atoms with van der Waals surface area (Å²) >= 11 is 0. The van der Waals surface area contributed by atoms with Crippen molar-refractivity contribution in [2.24, 2.45) is 5.92 Å². The molecule has 2 aliphatic rings. The van der Waals surface area contributed by atoms with E-state index in [1.165, 1.54) is 11.1 Å². The summed E-state index contributed by atoms with van der Waals surface area (Å²) in [5.41, 5.74) is 2.45. The van der Waals surface area contributed by atoms with E-state index in [1.807, 2.05) is 13.8 Å². The molecule has 2 unspecified atom stereocenters. The number of hydrogen-bond donors (Lipinski definition) is 0. The van der Waals surface area contributed by atoms with Crippen LogP contribution in [0.1, 0.15) is 38.8 Å². The van der Waals surface area contributed by atoms with Crippen LogP contribution >= 0.6 is 0 Å². The van der Waals surface area contributed by atoms with Gasteiger partial charge in [0.2, 0.25) is 0 Å². The Labute approximate surface area is 103 Å². The molecular formula is C15H20O2. The monoisotopic (exact) mass is 232 g/mol. The number of hydrogen-bond acceptors (Lipinski definition) is 2. The highest BCUT2D eigenvalue weighted by molar-refractivity contribution is 5.41. The maximum absolute atomic E-state index is 6.33. The first kappa shape index (κ1) is 11.2. The standard InChI is InChI=1S/C15H20O2/c1-10(2)15-12-8-6-5-7-11(12)9-13(15)16-14(3,4)17-15/h5-8,10,13H,9H2,1-4H3. The maximum Gasteiger partial charge on any atom is 0.164 e. The highest BCUT2D eigenvalue weighted by Crippen LogP contribution is 2.54. The van der Waals surface area contributed by atoms with Crippen molar-refractivity contribution in [3.05, 3.63) is 35.4 Å². The van der Waals surface area contributed by atoms with Gasteiger partial charge in [-0.05, 0) is 30.9 Å². The zero-order chi connectivity index (χ0) is 12.3. The summed E-state index contributed by atoms with van der Waals surface area (Å²) in [6.45, 7) is 8.47. The second-order valence-corrected chi connectivity index (χ2v) is 5.92. The van der Waals surface area contributed by atoms with Crippen molar-refractivity contribution < 1.29 is 9.47 Å². The second kappa shape index (κ2) is 3.33. The number of ether oxygens (including phenoxy) is 2. The number of rotatable bonds is 1. The van der Waals surface area contributed by atoms with Crippen LogP contribution in [0, 0.1) is 5.92 Å². The quantitative estimate of drug-likeness (QED) is 0.740. The Bertz CT molecular complexity index is 450. The van der Waals surface area contributed by atoms with Gasteiger partial charge in [0.25, 0.3) is 0 Å². The van der Waals surface area contributed by atoms with E-state index >= 15 is 0 Å². The van der Waals surface area contributed by atoms with Gasteiger partial charge in [-0.1, -0.05) is 38.1 Å². The molecule has 2 heteroatoms. The van der Waals surface area contributed by atoms with Gasteiger partial charge in [-0.25, -0.2) is 0 Å². The lowest BCUT2D eigenvalue weighted by molar-refractivity contribution is -0.175. The van der Waals surface area contributed by atoms with Gasteiger partial charge in [0.15, 0.2) is 5.79 Å². The number of benzene rings is 1. The molecule has 0 saturated carbocycles. The lowest BCUT2D eigenvalue weighted by Crippen LogP contribution is -2.39. The average molecular weight is 232 g/mol. The summed E-state index contributed by atoms with van der Waals surface area (Å²) in [5, 5.41) is 0. The summed E-state index contributed by atoms with van der Waals surface area (Å²) in [6.07, 6.45) is 1.13. The molecule has 92 valence electrons. The maximum atomic E-state index is 6.33. The Morgan fingerprint density at radius 1 is 1.24 bits per heavy atom. The van der Waals surface area contributed by atoms with E-state index in [0.29, 0.717) is 5.92 Å². The zero-order valence-corrected chi connectivity index (χ0v) is 11.0. The SMILES string of the molecule is CC(C)C12OC(C)(C)OC1Cc1ccccc12. The third kappa shape index (κ3) is 1.40. The smallest absolute Gasteiger partial charge is 0.164 e. The molecule has 1 saturated heterocycles. The van der Waals surface area contributed by atoms with Crippen molar-refractivity contribution in [1.82, 2.24) is 0 Å². The topological polar surface area (TPSA) is 18.5 Å². The molecule has 17 heavy (non-hydrogen) atoms. The van der Waals surface area contributed by atoms with Crippen LogP contribution in [0.3, 0.4) is 0 Å². The molecule has 1 aromatic carbocycles. The first-order valence-electron chi connectivity index (χ1n) is 6.42. The Kier molecular flexibility index (Phi) is 2.20. The van der Waals surface area contributed by atoms with Crippen molar-refractivity contribution >= 4 is 0 Å². The van der Waals surface area contributed by atoms with Crippen molar-refractivity contribution in [2.75, 3.05) is 0 Å². The van der Waals surface area contributed by atoms with E-state index < -0.39 is 5.79 Å². The lowest BCUT2D eigenvalue weighted by Gasteiger charge is -2.33. The van der Waals surface area contributed by atoms with Crippen LogP contribution in [0.5, 0.6) is 0 Å². The Balaban J connectivity index is 2.15. The normalized spacial score (nSPS) is 33.8. The fraction of sp³-hybridized carbons (Fsp3) is 0.600. The predicted molar refractivity (Wildman–Crippen MR) is 66.7 cm³/mol. The molecular weight excluding hydrogens is 212 g/mol. The van der Waals surface area contributed by atoms with Gasteiger partial charge in [-0.3, -0.25) is 0 Å². The molecule has 1 aliphatic heterocycles. The molecule has 1 aromatic rings. The lowest BCUT2D eigenvalue weighted by atomic mass is 9.83. The van der Waals surface area contributed by atoms with Crippen molar-refractivity contribution in [3.63, 3.8) is 0 Å². The van der Waals surface area contributed by atoms with Gasteiger partial charge in [0, 0.05) is 6.42 Å². The highest BCUT2D eigenvalue weighted by atomic mass is 16.8. The molecule has 0 spiro atoms. The molecule has 2 nitrogen and oxygen atoms in total. The Morgan fingerprint density at radius 2 is 1.94 bits per heavy atom. The summed E-state index contributed by atoms with van der Waals surface area (Å²) in [4.78, 5) is 0. The zero-order valence-electron chi connectivity index (χ0n) is 11.0. The van der Waals surface area contributed by atoms with Gasteiger partial charge < -0.3 is 9.47 Å². The van der Waals surface area contributed by atoms with Gasteiger partial charge in [0.05, 0.1) is 6.10 Å². The van der Waals surface area contributed by atoms with E-state index in [-0.39, 0.29) is 11.7 Å². The molecule has 0 radical (unpaired) electrons. The first-order chi connectivity index (χ1) is 7.96. The molecule has 2 atom stereocenters. The van der Waals surface area contributed by atoms with E-state index in [1.54, 1.807) is 0 Å². The summed E-state index contributed by atoms with van der Waals surface area (Å²) in [7, 11) is 0.